The van der Waals surface area contributed by atoms with Crippen LogP contribution in [0.2, 0.25) is 0 Å². The molecule has 3 N–H and O–H groups in total. The Morgan fingerprint density at radius 3 is 2.15 bits per heavy atom. The molecule has 3 aromatic rings. The summed E-state index contributed by atoms with van der Waals surface area (Å²) in [5.74, 6) is 0.719. The maximum atomic E-state index is 12.6. The molecule has 3 rings (SSSR count). The lowest BCUT2D eigenvalue weighted by molar-refractivity contribution is 0.415. The highest BCUT2D eigenvalue weighted by Gasteiger charge is 2.02. The summed E-state index contributed by atoms with van der Waals surface area (Å²) in [5.41, 5.74) is 7.24. The highest BCUT2D eigenvalue weighted by atomic mass is 16.5. The monoisotopic (exact) mass is 349 g/mol. The third kappa shape index (κ3) is 3.59. The van der Waals surface area contributed by atoms with Gasteiger partial charge in [0.25, 0.3) is 11.1 Å². The molecule has 0 aliphatic heterocycles. The van der Waals surface area contributed by atoms with Gasteiger partial charge in [-0.1, -0.05) is 24.3 Å². The van der Waals surface area contributed by atoms with Crippen molar-refractivity contribution in [3.8, 4) is 5.75 Å². The summed E-state index contributed by atoms with van der Waals surface area (Å²) in [4.78, 5) is 27.7. The Bertz CT molecular complexity index is 1160. The van der Waals surface area contributed by atoms with Crippen molar-refractivity contribution in [1.82, 2.24) is 9.55 Å². The van der Waals surface area contributed by atoms with Crippen LogP contribution >= 0.6 is 0 Å². The van der Waals surface area contributed by atoms with Crippen molar-refractivity contribution in [2.45, 2.75) is 0 Å². The van der Waals surface area contributed by atoms with Crippen LogP contribution in [0.4, 0.5) is 5.69 Å². The number of hydrogen-bond donors (Lipinski definition) is 2. The number of nitrogens with zero attached hydrogens (tertiary/aromatic N) is 1. The number of methoxy groups -OCH3 is 1. The maximum absolute atomic E-state index is 12.6. The first-order valence-electron chi connectivity index (χ1n) is 8.00. The zero-order valence-electron chi connectivity index (χ0n) is 14.5. The number of H-pyrrole nitrogens is 1. The number of nitrogen functional groups attached to an aromatic ring is 1. The van der Waals surface area contributed by atoms with Crippen LogP contribution in [0.15, 0.2) is 58.1 Å². The normalized spacial score (nSPS) is 12.4. The average Bonchev–Trinajstić information content (AvgIpc) is 2.65. The summed E-state index contributed by atoms with van der Waals surface area (Å²) < 4.78 is 6.45. The molecule has 1 heterocycles. The van der Waals surface area contributed by atoms with Gasteiger partial charge in [-0.2, -0.15) is 0 Å². The molecule has 0 atom stereocenters. The van der Waals surface area contributed by atoms with Crippen molar-refractivity contribution >= 4 is 17.8 Å². The molecule has 132 valence electrons. The summed E-state index contributed by atoms with van der Waals surface area (Å²) >= 11 is 0. The number of aromatic nitrogens is 2. The Morgan fingerprint density at radius 1 is 0.962 bits per heavy atom. The molecule has 0 unspecified atom stereocenters. The van der Waals surface area contributed by atoms with Gasteiger partial charge < -0.3 is 20.0 Å². The van der Waals surface area contributed by atoms with Gasteiger partial charge in [0.15, 0.2) is 0 Å². The van der Waals surface area contributed by atoms with Gasteiger partial charge in [-0.3, -0.25) is 9.59 Å². The van der Waals surface area contributed by atoms with E-state index in [2.05, 4.69) is 4.98 Å². The molecule has 0 saturated carbocycles. The van der Waals surface area contributed by atoms with Gasteiger partial charge in [0.2, 0.25) is 0 Å². The van der Waals surface area contributed by atoms with E-state index in [1.54, 1.807) is 62.7 Å². The lowest BCUT2D eigenvalue weighted by atomic mass is 10.2. The number of rotatable bonds is 3. The van der Waals surface area contributed by atoms with Crippen molar-refractivity contribution in [3.63, 3.8) is 0 Å². The summed E-state index contributed by atoms with van der Waals surface area (Å²) in [6, 6.07) is 14.3. The minimum Gasteiger partial charge on any atom is -0.497 e. The van der Waals surface area contributed by atoms with Crippen molar-refractivity contribution < 1.29 is 4.74 Å². The van der Waals surface area contributed by atoms with Crippen LogP contribution in [-0.2, 0) is 7.05 Å². The molecule has 0 fully saturated rings. The van der Waals surface area contributed by atoms with Gasteiger partial charge in [-0.05, 0) is 47.5 Å². The molecule has 2 aromatic carbocycles. The van der Waals surface area contributed by atoms with Gasteiger partial charge in [-0.25, -0.2) is 0 Å². The molecule has 1 aromatic heterocycles. The second-order valence-electron chi connectivity index (χ2n) is 5.85. The fourth-order valence-electron chi connectivity index (χ4n) is 2.56. The number of aromatic amines is 1. The highest BCUT2D eigenvalue weighted by Crippen LogP contribution is 2.11. The molecule has 0 spiro atoms. The molecule has 6 heteroatoms. The van der Waals surface area contributed by atoms with Crippen molar-refractivity contribution in [1.29, 1.82) is 0 Å². The fraction of sp³-hybridized carbons (Fsp3) is 0.100. The Kier molecular flexibility index (Phi) is 4.75. The Morgan fingerprint density at radius 2 is 1.54 bits per heavy atom. The van der Waals surface area contributed by atoms with E-state index in [1.807, 2.05) is 12.1 Å². The summed E-state index contributed by atoms with van der Waals surface area (Å²) in [6.07, 6.45) is 3.28. The standard InChI is InChI=1S/C20H19N3O3/c1-23-18(12-14-3-7-15(21)8-4-14)19(24)22-17(20(23)25)11-13-5-9-16(26-2)10-6-13/h3-12H,21H2,1-2H3,(H,22,24). The first-order valence-corrected chi connectivity index (χ1v) is 8.00. The van der Waals surface area contributed by atoms with Crippen LogP contribution in [-0.4, -0.2) is 16.7 Å². The number of anilines is 1. The van der Waals surface area contributed by atoms with Crippen LogP contribution in [0, 0.1) is 0 Å². The molecule has 26 heavy (non-hydrogen) atoms. The molecule has 0 saturated heterocycles. The zero-order valence-corrected chi connectivity index (χ0v) is 14.5. The van der Waals surface area contributed by atoms with E-state index in [1.165, 1.54) is 4.57 Å². The minimum atomic E-state index is -0.344. The maximum Gasteiger partial charge on any atom is 0.274 e. The molecular formula is C20H19N3O3. The van der Waals surface area contributed by atoms with Crippen molar-refractivity contribution in [2.75, 3.05) is 12.8 Å². The number of hydrogen-bond acceptors (Lipinski definition) is 4. The quantitative estimate of drug-likeness (QED) is 0.667. The van der Waals surface area contributed by atoms with Crippen molar-refractivity contribution in [2.24, 2.45) is 7.05 Å². The minimum absolute atomic E-state index is 0.220. The topological polar surface area (TPSA) is 90.1 Å². The lowest BCUT2D eigenvalue weighted by Gasteiger charge is -2.01. The SMILES string of the molecule is COc1ccc(C=c2[nH]c(=O)c(=Cc3ccc(N)cc3)n(C)c2=O)cc1. The van der Waals surface area contributed by atoms with Gasteiger partial charge in [0.1, 0.15) is 16.4 Å². The van der Waals surface area contributed by atoms with E-state index in [0.29, 0.717) is 5.69 Å². The van der Waals surface area contributed by atoms with E-state index < -0.39 is 0 Å². The second-order valence-corrected chi connectivity index (χ2v) is 5.85. The number of ether oxygens (including phenoxy) is 1. The molecular weight excluding hydrogens is 330 g/mol. The smallest absolute Gasteiger partial charge is 0.274 e. The van der Waals surface area contributed by atoms with Crippen molar-refractivity contribution in [3.05, 3.63) is 91.1 Å². The number of nitrogens with two attached hydrogens (primary N) is 1. The van der Waals surface area contributed by atoms with E-state index in [0.717, 1.165) is 16.9 Å². The fourth-order valence-corrected chi connectivity index (χ4v) is 2.56. The van der Waals surface area contributed by atoms with Crippen LogP contribution in [0.3, 0.4) is 0 Å². The van der Waals surface area contributed by atoms with Crippen LogP contribution < -0.4 is 32.3 Å². The zero-order chi connectivity index (χ0) is 18.7. The molecule has 0 aliphatic carbocycles. The Labute approximate surface area is 149 Å². The first-order chi connectivity index (χ1) is 12.5. The molecule has 0 bridgehead atoms. The lowest BCUT2D eigenvalue weighted by Crippen LogP contribution is -2.52. The summed E-state index contributed by atoms with van der Waals surface area (Å²) in [7, 11) is 3.16. The molecule has 0 amide bonds. The van der Waals surface area contributed by atoms with E-state index >= 15 is 0 Å². The van der Waals surface area contributed by atoms with Crippen LogP contribution in [0.5, 0.6) is 5.75 Å². The van der Waals surface area contributed by atoms with Gasteiger partial charge >= 0.3 is 0 Å². The predicted octanol–water partition coefficient (Wildman–Crippen LogP) is 0.322. The largest absolute Gasteiger partial charge is 0.497 e. The van der Waals surface area contributed by atoms with Gasteiger partial charge in [0, 0.05) is 12.7 Å². The predicted molar refractivity (Wildman–Crippen MR) is 103 cm³/mol. The van der Waals surface area contributed by atoms with E-state index in [-0.39, 0.29) is 21.8 Å². The molecule has 6 nitrogen and oxygen atoms in total. The van der Waals surface area contributed by atoms with E-state index in [4.69, 9.17) is 10.5 Å². The first kappa shape index (κ1) is 17.3. The second kappa shape index (κ2) is 7.14. The molecule has 0 radical (unpaired) electrons. The summed E-state index contributed by atoms with van der Waals surface area (Å²) in [6.45, 7) is 0. The molecule has 0 aliphatic rings. The Hall–Kier alpha value is -3.54. The summed E-state index contributed by atoms with van der Waals surface area (Å²) in [5, 5.41) is 0.490. The average molecular weight is 349 g/mol. The van der Waals surface area contributed by atoms with Crippen LogP contribution in [0.1, 0.15) is 11.1 Å². The van der Waals surface area contributed by atoms with Gasteiger partial charge in [-0.15, -0.1) is 0 Å². The highest BCUT2D eigenvalue weighted by molar-refractivity contribution is 5.53. The van der Waals surface area contributed by atoms with E-state index in [9.17, 15) is 9.59 Å². The number of nitrogens with one attached hydrogen (secondary N) is 1. The Balaban J connectivity index is 2.14. The third-order valence-corrected chi connectivity index (χ3v) is 4.04. The number of benzene rings is 2. The third-order valence-electron chi connectivity index (χ3n) is 4.04. The van der Waals surface area contributed by atoms with Crippen LogP contribution in [0.25, 0.3) is 12.2 Å². The van der Waals surface area contributed by atoms with Gasteiger partial charge in [0.05, 0.1) is 7.11 Å².